The molecule has 0 radical (unpaired) electrons. The molecule has 2 heterocycles. The number of thiazole rings is 1. The number of benzene rings is 1. The van der Waals surface area contributed by atoms with Crippen molar-refractivity contribution < 1.29 is 13.9 Å². The lowest BCUT2D eigenvalue weighted by Crippen LogP contribution is -2.38. The first-order valence-corrected chi connectivity index (χ1v) is 6.05. The molecule has 1 aliphatic heterocycles. The highest BCUT2D eigenvalue weighted by Gasteiger charge is 2.45. The third kappa shape index (κ3) is 1.38. The second kappa shape index (κ2) is 3.71. The number of fused-ring (bicyclic) bond motifs is 1. The van der Waals surface area contributed by atoms with Crippen molar-refractivity contribution >= 4 is 17.0 Å². The average molecular weight is 269 g/mol. The topological polar surface area (TPSA) is 62.4 Å². The van der Waals surface area contributed by atoms with Gasteiger partial charge >= 0.3 is 0 Å². The number of nitrogens with two attached hydrogens (primary N) is 1. The Labute approximate surface area is 105 Å². The van der Waals surface area contributed by atoms with Gasteiger partial charge in [-0.1, -0.05) is 6.07 Å². The largest absolute Gasteiger partial charge is 0.376 e. The molecule has 3 rings (SSSR count). The van der Waals surface area contributed by atoms with E-state index in [1.54, 1.807) is 5.38 Å². The van der Waals surface area contributed by atoms with E-state index in [4.69, 9.17) is 5.84 Å². The minimum Gasteiger partial charge on any atom is -0.376 e. The van der Waals surface area contributed by atoms with Gasteiger partial charge in [0.15, 0.2) is 17.2 Å². The van der Waals surface area contributed by atoms with Crippen molar-refractivity contribution in [3.05, 3.63) is 45.9 Å². The van der Waals surface area contributed by atoms with Crippen LogP contribution in [0.2, 0.25) is 0 Å². The summed E-state index contributed by atoms with van der Waals surface area (Å²) < 4.78 is 26.9. The first kappa shape index (κ1) is 11.5. The Kier molecular flexibility index (Phi) is 2.37. The zero-order chi connectivity index (χ0) is 12.9. The number of hydrogen-bond acceptors (Lipinski definition) is 5. The molecule has 7 heteroatoms. The summed E-state index contributed by atoms with van der Waals surface area (Å²) in [6.45, 7) is -0.0593. The number of aromatic nitrogens is 1. The van der Waals surface area contributed by atoms with Crippen LogP contribution in [0.1, 0.15) is 10.6 Å². The van der Waals surface area contributed by atoms with E-state index in [0.717, 1.165) is 11.1 Å². The molecule has 0 saturated heterocycles. The molecule has 1 aromatic carbocycles. The molecule has 0 amide bonds. The molecule has 3 N–H and O–H groups in total. The quantitative estimate of drug-likeness (QED) is 0.767. The van der Waals surface area contributed by atoms with Gasteiger partial charge in [0.1, 0.15) is 5.01 Å². The first-order chi connectivity index (χ1) is 8.54. The summed E-state index contributed by atoms with van der Waals surface area (Å²) in [6.07, 6.45) is 1.54. The summed E-state index contributed by atoms with van der Waals surface area (Å²) in [5.74, 6) is 3.60. The fraction of sp³-hybridized carbons (Fsp3) is 0.182. The molecular weight excluding hydrogens is 260 g/mol. The van der Waals surface area contributed by atoms with Crippen LogP contribution in [0, 0.1) is 11.6 Å². The molecule has 1 unspecified atom stereocenters. The highest BCUT2D eigenvalue weighted by molar-refractivity contribution is 7.09. The molecule has 0 saturated carbocycles. The lowest BCUT2D eigenvalue weighted by atomic mass is 9.96. The maximum Gasteiger partial charge on any atom is 0.183 e. The van der Waals surface area contributed by atoms with Crippen LogP contribution >= 0.6 is 11.3 Å². The summed E-state index contributed by atoms with van der Waals surface area (Å²) in [5.41, 5.74) is -1.38. The molecule has 0 fully saturated rings. The molecular formula is C11H9F2N3OS. The fourth-order valence-corrected chi connectivity index (χ4v) is 2.92. The number of hydrazine groups is 1. The summed E-state index contributed by atoms with van der Waals surface area (Å²) in [4.78, 5) is 4.03. The van der Waals surface area contributed by atoms with Crippen LogP contribution in [-0.2, 0) is 5.60 Å². The molecule has 0 spiro atoms. The van der Waals surface area contributed by atoms with Crippen LogP contribution in [0.4, 0.5) is 14.5 Å². The second-order valence-corrected chi connectivity index (χ2v) is 4.98. The molecule has 0 aliphatic carbocycles. The number of halogens is 2. The minimum absolute atomic E-state index is 0.0593. The molecule has 94 valence electrons. The Morgan fingerprint density at radius 3 is 2.89 bits per heavy atom. The third-order valence-electron chi connectivity index (χ3n) is 2.99. The van der Waals surface area contributed by atoms with Gasteiger partial charge in [0, 0.05) is 17.1 Å². The van der Waals surface area contributed by atoms with Crippen molar-refractivity contribution in [3.8, 4) is 0 Å². The number of rotatable bonds is 1. The van der Waals surface area contributed by atoms with Gasteiger partial charge < -0.3 is 10.1 Å². The van der Waals surface area contributed by atoms with Gasteiger partial charge in [-0.15, -0.1) is 11.3 Å². The Balaban J connectivity index is 2.24. The zero-order valence-electron chi connectivity index (χ0n) is 9.10. The van der Waals surface area contributed by atoms with Crippen LogP contribution in [0.3, 0.4) is 0 Å². The summed E-state index contributed by atoms with van der Waals surface area (Å²) in [7, 11) is 0. The number of anilines is 1. The number of nitrogens with zero attached hydrogens (tertiary/aromatic N) is 2. The van der Waals surface area contributed by atoms with E-state index in [2.05, 4.69) is 4.98 Å². The van der Waals surface area contributed by atoms with Crippen molar-refractivity contribution in [2.24, 2.45) is 5.84 Å². The van der Waals surface area contributed by atoms with Crippen molar-refractivity contribution in [1.82, 2.24) is 4.98 Å². The predicted octanol–water partition coefficient (Wildman–Crippen LogP) is 1.35. The summed E-state index contributed by atoms with van der Waals surface area (Å²) in [5, 5.41) is 13.7. The maximum atomic E-state index is 13.7. The van der Waals surface area contributed by atoms with Crippen LogP contribution in [0.5, 0.6) is 0 Å². The van der Waals surface area contributed by atoms with Crippen molar-refractivity contribution in [2.45, 2.75) is 5.60 Å². The van der Waals surface area contributed by atoms with Gasteiger partial charge in [-0.25, -0.2) is 19.6 Å². The normalized spacial score (nSPS) is 22.3. The van der Waals surface area contributed by atoms with Crippen LogP contribution in [0.15, 0.2) is 23.7 Å². The summed E-state index contributed by atoms with van der Waals surface area (Å²) >= 11 is 1.24. The standard InChI is InChI=1S/C11H9F2N3OS/c12-7-2-1-6-9(8(7)13)16(14)5-11(6,17)10-15-3-4-18-10/h1-4,17H,5,14H2. The maximum absolute atomic E-state index is 13.7. The lowest BCUT2D eigenvalue weighted by Gasteiger charge is -2.20. The molecule has 0 bridgehead atoms. The van der Waals surface area contributed by atoms with Crippen molar-refractivity contribution in [3.63, 3.8) is 0 Å². The van der Waals surface area contributed by atoms with Crippen molar-refractivity contribution in [2.75, 3.05) is 11.6 Å². The second-order valence-electron chi connectivity index (χ2n) is 4.08. The highest BCUT2D eigenvalue weighted by Crippen LogP contribution is 2.44. The summed E-state index contributed by atoms with van der Waals surface area (Å²) in [6, 6.07) is 2.31. The van der Waals surface area contributed by atoms with Gasteiger partial charge in [0.25, 0.3) is 0 Å². The van der Waals surface area contributed by atoms with E-state index in [0.29, 0.717) is 5.01 Å². The Morgan fingerprint density at radius 2 is 2.22 bits per heavy atom. The molecule has 1 aliphatic rings. The van der Waals surface area contributed by atoms with E-state index in [1.807, 2.05) is 0 Å². The Hall–Kier alpha value is -1.57. The SMILES string of the molecule is NN1CC(O)(c2nccs2)c2ccc(F)c(F)c21. The van der Waals surface area contributed by atoms with E-state index >= 15 is 0 Å². The number of hydrogen-bond donors (Lipinski definition) is 2. The zero-order valence-corrected chi connectivity index (χ0v) is 9.92. The van der Waals surface area contributed by atoms with Crippen LogP contribution in [0.25, 0.3) is 0 Å². The third-order valence-corrected chi connectivity index (χ3v) is 3.91. The predicted molar refractivity (Wildman–Crippen MR) is 63.0 cm³/mol. The lowest BCUT2D eigenvalue weighted by molar-refractivity contribution is 0.0977. The number of aliphatic hydroxyl groups is 1. The van der Waals surface area contributed by atoms with E-state index in [9.17, 15) is 13.9 Å². The fourth-order valence-electron chi connectivity index (χ4n) is 2.18. The van der Waals surface area contributed by atoms with Crippen LogP contribution < -0.4 is 10.9 Å². The van der Waals surface area contributed by atoms with Gasteiger partial charge in [-0.3, -0.25) is 0 Å². The van der Waals surface area contributed by atoms with E-state index < -0.39 is 17.2 Å². The smallest absolute Gasteiger partial charge is 0.183 e. The molecule has 1 atom stereocenters. The monoisotopic (exact) mass is 269 g/mol. The van der Waals surface area contributed by atoms with Gasteiger partial charge in [0.2, 0.25) is 0 Å². The average Bonchev–Trinajstić information content (AvgIpc) is 2.92. The molecule has 2 aromatic rings. The first-order valence-electron chi connectivity index (χ1n) is 5.17. The van der Waals surface area contributed by atoms with Crippen LogP contribution in [-0.4, -0.2) is 16.6 Å². The molecule has 18 heavy (non-hydrogen) atoms. The minimum atomic E-state index is -1.49. The molecule has 4 nitrogen and oxygen atoms in total. The van der Waals surface area contributed by atoms with Gasteiger partial charge in [-0.2, -0.15) is 0 Å². The van der Waals surface area contributed by atoms with E-state index in [-0.39, 0.29) is 17.8 Å². The number of β-amino-alcohol motifs (C(OH)–C–C–N with tert-alkyl or cyclic N) is 1. The Morgan fingerprint density at radius 1 is 1.44 bits per heavy atom. The highest BCUT2D eigenvalue weighted by atomic mass is 32.1. The molecule has 1 aromatic heterocycles. The van der Waals surface area contributed by atoms with Gasteiger partial charge in [-0.05, 0) is 6.07 Å². The van der Waals surface area contributed by atoms with E-state index in [1.165, 1.54) is 23.6 Å². The Bertz CT molecular complexity index is 605. The van der Waals surface area contributed by atoms with Crippen molar-refractivity contribution in [1.29, 1.82) is 0 Å². The van der Waals surface area contributed by atoms with Gasteiger partial charge in [0.05, 0.1) is 12.2 Å².